The average Bonchev–Trinajstić information content (AvgIpc) is 2.24. The zero-order valence-corrected chi connectivity index (χ0v) is 9.54. The van der Waals surface area contributed by atoms with E-state index in [1.165, 1.54) is 0 Å². The molecule has 0 aliphatic rings. The summed E-state index contributed by atoms with van der Waals surface area (Å²) in [4.78, 5) is 22.6. The Balaban J connectivity index is 4.04. The van der Waals surface area contributed by atoms with Gasteiger partial charge in [0.15, 0.2) is 0 Å². The second kappa shape index (κ2) is 7.23. The van der Waals surface area contributed by atoms with E-state index in [0.29, 0.717) is 6.42 Å². The topological polar surface area (TPSA) is 78.4 Å². The van der Waals surface area contributed by atoms with Gasteiger partial charge in [0.25, 0.3) is 0 Å². The minimum atomic E-state index is -0.684. The van der Waals surface area contributed by atoms with E-state index in [1.807, 2.05) is 20.8 Å². The lowest BCUT2D eigenvalue weighted by molar-refractivity contribution is -0.140. The second-order valence-corrected chi connectivity index (χ2v) is 3.54. The van der Waals surface area contributed by atoms with Crippen LogP contribution in [0.3, 0.4) is 0 Å². The maximum absolute atomic E-state index is 11.3. The van der Waals surface area contributed by atoms with Crippen molar-refractivity contribution in [1.29, 1.82) is 0 Å². The summed E-state index contributed by atoms with van der Waals surface area (Å²) in [6.45, 7) is 5.42. The molecule has 3 N–H and O–H groups in total. The fourth-order valence-electron chi connectivity index (χ4n) is 0.919. The molecular weight excluding hydrogens is 196 g/mol. The molecule has 2 unspecified atom stereocenters. The highest BCUT2D eigenvalue weighted by atomic mass is 16.3. The molecule has 0 saturated heterocycles. The van der Waals surface area contributed by atoms with E-state index in [4.69, 9.17) is 5.11 Å². The second-order valence-electron chi connectivity index (χ2n) is 3.54. The number of hydrogen-bond donors (Lipinski definition) is 3. The summed E-state index contributed by atoms with van der Waals surface area (Å²) < 4.78 is 0. The van der Waals surface area contributed by atoms with Gasteiger partial charge in [-0.1, -0.05) is 13.8 Å². The smallest absolute Gasteiger partial charge is 0.309 e. The lowest BCUT2D eigenvalue weighted by Gasteiger charge is -2.15. The molecule has 0 aliphatic heterocycles. The number of hydrogen-bond acceptors (Lipinski definition) is 3. The van der Waals surface area contributed by atoms with Crippen LogP contribution in [-0.4, -0.2) is 35.6 Å². The summed E-state index contributed by atoms with van der Waals surface area (Å²) in [5.74, 6) is -1.33. The molecule has 0 bridgehead atoms. The van der Waals surface area contributed by atoms with Crippen LogP contribution >= 0.6 is 0 Å². The summed E-state index contributed by atoms with van der Waals surface area (Å²) in [6, 6.07) is -0.363. The van der Waals surface area contributed by atoms with Gasteiger partial charge < -0.3 is 15.7 Å². The Morgan fingerprint density at radius 1 is 1.13 bits per heavy atom. The fourth-order valence-corrected chi connectivity index (χ4v) is 0.919. The zero-order valence-electron chi connectivity index (χ0n) is 9.54. The number of rotatable bonds is 5. The molecule has 0 aromatic heterocycles. The lowest BCUT2D eigenvalue weighted by atomic mass is 10.2. The van der Waals surface area contributed by atoms with E-state index in [1.54, 1.807) is 0 Å². The minimum Gasteiger partial charge on any atom is -0.394 e. The summed E-state index contributed by atoms with van der Waals surface area (Å²) >= 11 is 0. The van der Waals surface area contributed by atoms with E-state index >= 15 is 0 Å². The largest absolute Gasteiger partial charge is 0.394 e. The van der Waals surface area contributed by atoms with Crippen LogP contribution in [0.2, 0.25) is 0 Å². The van der Waals surface area contributed by atoms with Crippen LogP contribution in [-0.2, 0) is 9.59 Å². The van der Waals surface area contributed by atoms with Crippen LogP contribution in [0, 0.1) is 0 Å². The van der Waals surface area contributed by atoms with Crippen molar-refractivity contribution in [2.75, 3.05) is 6.61 Å². The molecule has 0 aliphatic carbocycles. The Morgan fingerprint density at radius 2 is 1.67 bits per heavy atom. The molecule has 0 heterocycles. The molecule has 0 fully saturated rings. The first kappa shape index (κ1) is 13.9. The lowest BCUT2D eigenvalue weighted by Crippen LogP contribution is -2.47. The van der Waals surface area contributed by atoms with Gasteiger partial charge in [0, 0.05) is 6.04 Å². The van der Waals surface area contributed by atoms with E-state index in [0.717, 1.165) is 6.42 Å². The number of amides is 2. The Kier molecular flexibility index (Phi) is 6.70. The Bertz CT molecular complexity index is 215. The van der Waals surface area contributed by atoms with Gasteiger partial charge in [-0.05, 0) is 19.8 Å². The number of nitrogens with one attached hydrogen (secondary N) is 2. The highest BCUT2D eigenvalue weighted by Gasteiger charge is 2.17. The van der Waals surface area contributed by atoms with Crippen LogP contribution in [0.4, 0.5) is 0 Å². The molecule has 0 aromatic rings. The third kappa shape index (κ3) is 5.37. The Morgan fingerprint density at radius 3 is 2.07 bits per heavy atom. The van der Waals surface area contributed by atoms with Crippen LogP contribution < -0.4 is 10.6 Å². The molecule has 0 aromatic carbocycles. The van der Waals surface area contributed by atoms with Gasteiger partial charge in [-0.15, -0.1) is 0 Å². The Labute approximate surface area is 90.2 Å². The fraction of sp³-hybridized carbons (Fsp3) is 0.800. The van der Waals surface area contributed by atoms with Gasteiger partial charge in [-0.2, -0.15) is 0 Å². The molecule has 0 saturated carbocycles. The van der Waals surface area contributed by atoms with E-state index in [9.17, 15) is 9.59 Å². The maximum atomic E-state index is 11.3. The molecule has 88 valence electrons. The number of carbonyl (C=O) groups excluding carboxylic acids is 2. The SMILES string of the molecule is CCC(C)NC(=O)C(=O)NC(CC)CO. The third-order valence-corrected chi connectivity index (χ3v) is 2.24. The predicted octanol–water partition coefficient (Wildman–Crippen LogP) is -0.212. The summed E-state index contributed by atoms with van der Waals surface area (Å²) in [5, 5.41) is 13.8. The monoisotopic (exact) mass is 216 g/mol. The van der Waals surface area contributed by atoms with Crippen molar-refractivity contribution in [2.24, 2.45) is 0 Å². The number of aliphatic hydroxyl groups is 1. The summed E-state index contributed by atoms with van der Waals surface area (Å²) in [5.41, 5.74) is 0. The molecule has 5 nitrogen and oxygen atoms in total. The van der Waals surface area contributed by atoms with Crippen molar-refractivity contribution in [3.05, 3.63) is 0 Å². The van der Waals surface area contributed by atoms with Crippen LogP contribution in [0.1, 0.15) is 33.6 Å². The van der Waals surface area contributed by atoms with Crippen LogP contribution in [0.25, 0.3) is 0 Å². The molecule has 5 heteroatoms. The van der Waals surface area contributed by atoms with Crippen LogP contribution in [0.5, 0.6) is 0 Å². The molecule has 2 amide bonds. The first-order valence-corrected chi connectivity index (χ1v) is 5.27. The predicted molar refractivity (Wildman–Crippen MR) is 57.2 cm³/mol. The quantitative estimate of drug-likeness (QED) is 0.556. The van der Waals surface area contributed by atoms with Crippen molar-refractivity contribution >= 4 is 11.8 Å². The molecule has 0 radical (unpaired) electrons. The van der Waals surface area contributed by atoms with Crippen molar-refractivity contribution in [3.63, 3.8) is 0 Å². The molecule has 15 heavy (non-hydrogen) atoms. The normalized spacial score (nSPS) is 14.1. The number of aliphatic hydroxyl groups excluding tert-OH is 1. The summed E-state index contributed by atoms with van der Waals surface area (Å²) in [7, 11) is 0. The molecule has 2 atom stereocenters. The highest BCUT2D eigenvalue weighted by molar-refractivity contribution is 6.35. The summed E-state index contributed by atoms with van der Waals surface area (Å²) in [6.07, 6.45) is 1.37. The first-order valence-electron chi connectivity index (χ1n) is 5.27. The van der Waals surface area contributed by atoms with Gasteiger partial charge >= 0.3 is 11.8 Å². The Hall–Kier alpha value is -1.10. The molecule has 0 rings (SSSR count). The average molecular weight is 216 g/mol. The first-order chi connectivity index (χ1) is 7.04. The standard InChI is InChI=1S/C10H20N2O3/c1-4-7(3)11-9(14)10(15)12-8(5-2)6-13/h7-8,13H,4-6H2,1-3H3,(H,11,14)(H,12,15). The zero-order chi connectivity index (χ0) is 11.8. The van der Waals surface area contributed by atoms with Crippen molar-refractivity contribution in [2.45, 2.75) is 45.7 Å². The highest BCUT2D eigenvalue weighted by Crippen LogP contribution is 1.90. The van der Waals surface area contributed by atoms with E-state index in [-0.39, 0.29) is 18.7 Å². The number of carbonyl (C=O) groups is 2. The van der Waals surface area contributed by atoms with Crippen molar-refractivity contribution in [3.8, 4) is 0 Å². The van der Waals surface area contributed by atoms with Gasteiger partial charge in [0.1, 0.15) is 0 Å². The maximum Gasteiger partial charge on any atom is 0.309 e. The van der Waals surface area contributed by atoms with Crippen LogP contribution in [0.15, 0.2) is 0 Å². The van der Waals surface area contributed by atoms with E-state index in [2.05, 4.69) is 10.6 Å². The van der Waals surface area contributed by atoms with Crippen molar-refractivity contribution in [1.82, 2.24) is 10.6 Å². The minimum absolute atomic E-state index is 0.0162. The van der Waals surface area contributed by atoms with E-state index < -0.39 is 11.8 Å². The molecular formula is C10H20N2O3. The third-order valence-electron chi connectivity index (χ3n) is 2.24. The molecule has 0 spiro atoms. The van der Waals surface area contributed by atoms with Gasteiger partial charge in [0.2, 0.25) is 0 Å². The van der Waals surface area contributed by atoms with Crippen molar-refractivity contribution < 1.29 is 14.7 Å². The van der Waals surface area contributed by atoms with Gasteiger partial charge in [0.05, 0.1) is 12.6 Å². The van der Waals surface area contributed by atoms with Gasteiger partial charge in [-0.25, -0.2) is 0 Å². The van der Waals surface area contributed by atoms with Gasteiger partial charge in [-0.3, -0.25) is 9.59 Å².